The number of hydrogen-bond acceptors (Lipinski definition) is 3. The molecule has 0 radical (unpaired) electrons. The van der Waals surface area contributed by atoms with Crippen LogP contribution in [0.4, 0.5) is 4.39 Å². The summed E-state index contributed by atoms with van der Waals surface area (Å²) in [6.07, 6.45) is 3.11. The molecule has 1 atom stereocenters. The number of halogens is 1. The molecule has 1 saturated carbocycles. The minimum absolute atomic E-state index is 0.246. The van der Waals surface area contributed by atoms with Crippen molar-refractivity contribution in [3.8, 4) is 0 Å². The number of hydrogen-bond donors (Lipinski definition) is 1. The van der Waals surface area contributed by atoms with Crippen LogP contribution < -0.4 is 0 Å². The summed E-state index contributed by atoms with van der Waals surface area (Å²) < 4.78 is 19.2. The lowest BCUT2D eigenvalue weighted by Crippen LogP contribution is -2.31. The zero-order chi connectivity index (χ0) is 13.0. The molecule has 1 N–H and O–H groups in total. The van der Waals surface area contributed by atoms with E-state index < -0.39 is 5.60 Å². The first-order chi connectivity index (χ1) is 9.16. The van der Waals surface area contributed by atoms with Crippen LogP contribution in [0.25, 0.3) is 11.0 Å². The van der Waals surface area contributed by atoms with Crippen LogP contribution in [-0.4, -0.2) is 29.1 Å². The molecular weight excluding hydrogens is 245 g/mol. The summed E-state index contributed by atoms with van der Waals surface area (Å²) in [6.45, 7) is 1.49. The van der Waals surface area contributed by atoms with Gasteiger partial charge in [0.05, 0.1) is 0 Å². The molecule has 1 aromatic heterocycles. The molecule has 3 nitrogen and oxygen atoms in total. The molecule has 2 aliphatic rings. The predicted octanol–water partition coefficient (Wildman–Crippen LogP) is 2.63. The molecule has 19 heavy (non-hydrogen) atoms. The van der Waals surface area contributed by atoms with Gasteiger partial charge in [0, 0.05) is 24.5 Å². The van der Waals surface area contributed by atoms with Gasteiger partial charge in [-0.2, -0.15) is 0 Å². The van der Waals surface area contributed by atoms with Crippen LogP contribution in [0.2, 0.25) is 0 Å². The van der Waals surface area contributed by atoms with Gasteiger partial charge in [-0.25, -0.2) is 4.39 Å². The van der Waals surface area contributed by atoms with Crippen LogP contribution in [0.1, 0.15) is 25.0 Å². The molecule has 1 aliphatic heterocycles. The third-order valence-electron chi connectivity index (χ3n) is 4.30. The van der Waals surface area contributed by atoms with Gasteiger partial charge < -0.3 is 9.52 Å². The summed E-state index contributed by atoms with van der Waals surface area (Å²) in [5, 5.41) is 11.5. The minimum atomic E-state index is -0.964. The second-order valence-electron chi connectivity index (χ2n) is 5.75. The number of benzene rings is 1. The second-order valence-corrected chi connectivity index (χ2v) is 5.75. The molecule has 2 heterocycles. The maximum absolute atomic E-state index is 13.6. The molecule has 4 rings (SSSR count). The lowest BCUT2D eigenvalue weighted by atomic mass is 10.00. The summed E-state index contributed by atoms with van der Waals surface area (Å²) in [6, 6.07) is 7.25. The Bertz CT molecular complexity index is 634. The van der Waals surface area contributed by atoms with E-state index in [9.17, 15) is 9.50 Å². The number of aliphatic hydroxyl groups is 1. The van der Waals surface area contributed by atoms with E-state index in [4.69, 9.17) is 4.42 Å². The molecule has 0 amide bonds. The fraction of sp³-hybridized carbons (Fsp3) is 0.467. The SMILES string of the molecule is OC1(c2cc3cccc(F)c3o2)CCN(C2CC2)C1. The van der Waals surface area contributed by atoms with Gasteiger partial charge >= 0.3 is 0 Å². The normalized spacial score (nSPS) is 28.3. The molecule has 0 spiro atoms. The molecule has 0 bridgehead atoms. The average molecular weight is 261 g/mol. The van der Waals surface area contributed by atoms with E-state index in [2.05, 4.69) is 4.90 Å². The van der Waals surface area contributed by atoms with Crippen molar-refractivity contribution in [1.82, 2.24) is 4.90 Å². The second kappa shape index (κ2) is 3.81. The van der Waals surface area contributed by atoms with E-state index in [0.717, 1.165) is 6.54 Å². The van der Waals surface area contributed by atoms with Crippen molar-refractivity contribution in [2.75, 3.05) is 13.1 Å². The van der Waals surface area contributed by atoms with E-state index >= 15 is 0 Å². The highest BCUT2D eigenvalue weighted by atomic mass is 19.1. The van der Waals surface area contributed by atoms with Gasteiger partial charge in [-0.1, -0.05) is 12.1 Å². The van der Waals surface area contributed by atoms with Crippen molar-refractivity contribution >= 4 is 11.0 Å². The Labute approximate surface area is 110 Å². The van der Waals surface area contributed by atoms with Gasteiger partial charge in [-0.3, -0.25) is 4.90 Å². The van der Waals surface area contributed by atoms with Crippen molar-refractivity contribution in [3.63, 3.8) is 0 Å². The highest BCUT2D eigenvalue weighted by Gasteiger charge is 2.45. The van der Waals surface area contributed by atoms with E-state index in [1.54, 1.807) is 12.1 Å². The average Bonchev–Trinajstić information content (AvgIpc) is 3.00. The standard InChI is InChI=1S/C15H16FNO2/c16-12-3-1-2-10-8-13(19-14(10)12)15(18)6-7-17(9-15)11-4-5-11/h1-3,8,11,18H,4-7,9H2. The summed E-state index contributed by atoms with van der Waals surface area (Å²) in [5.74, 6) is 0.125. The monoisotopic (exact) mass is 261 g/mol. The lowest BCUT2D eigenvalue weighted by Gasteiger charge is -2.20. The number of fused-ring (bicyclic) bond motifs is 1. The number of β-amino-alcohol motifs (C(OH)–C–C–N with tert-alkyl or cyclic N) is 1. The maximum Gasteiger partial charge on any atom is 0.170 e. The van der Waals surface area contributed by atoms with E-state index in [1.807, 2.05) is 6.07 Å². The quantitative estimate of drug-likeness (QED) is 0.902. The first-order valence-corrected chi connectivity index (χ1v) is 6.81. The first-order valence-electron chi connectivity index (χ1n) is 6.81. The highest BCUT2D eigenvalue weighted by Crippen LogP contribution is 2.40. The van der Waals surface area contributed by atoms with E-state index in [1.165, 1.54) is 18.9 Å². The van der Waals surface area contributed by atoms with Crippen LogP contribution in [0, 0.1) is 5.82 Å². The Kier molecular flexibility index (Phi) is 2.29. The van der Waals surface area contributed by atoms with Crippen LogP contribution in [0.5, 0.6) is 0 Å². The molecule has 2 fully saturated rings. The summed E-state index contributed by atoms with van der Waals surface area (Å²) in [5.41, 5.74) is -0.718. The molecule has 2 aromatic rings. The number of nitrogens with zero attached hydrogens (tertiary/aromatic N) is 1. The van der Waals surface area contributed by atoms with E-state index in [0.29, 0.717) is 30.2 Å². The molecule has 1 aliphatic carbocycles. The smallest absolute Gasteiger partial charge is 0.170 e. The molecular formula is C15H16FNO2. The first kappa shape index (κ1) is 11.4. The molecule has 1 aromatic carbocycles. The van der Waals surface area contributed by atoms with Crippen molar-refractivity contribution in [2.45, 2.75) is 30.9 Å². The Hall–Kier alpha value is -1.39. The van der Waals surface area contributed by atoms with Gasteiger partial charge in [-0.05, 0) is 31.4 Å². The maximum atomic E-state index is 13.6. The predicted molar refractivity (Wildman–Crippen MR) is 69.3 cm³/mol. The Morgan fingerprint density at radius 3 is 2.95 bits per heavy atom. The zero-order valence-corrected chi connectivity index (χ0v) is 10.6. The summed E-state index contributed by atoms with van der Waals surface area (Å²) >= 11 is 0. The van der Waals surface area contributed by atoms with Gasteiger partial charge in [-0.15, -0.1) is 0 Å². The Morgan fingerprint density at radius 1 is 1.37 bits per heavy atom. The van der Waals surface area contributed by atoms with Crippen molar-refractivity contribution < 1.29 is 13.9 Å². The van der Waals surface area contributed by atoms with Gasteiger partial charge in [0.25, 0.3) is 0 Å². The van der Waals surface area contributed by atoms with Gasteiger partial charge in [0.2, 0.25) is 0 Å². The minimum Gasteiger partial charge on any atom is -0.455 e. The number of furan rings is 1. The van der Waals surface area contributed by atoms with Gasteiger partial charge in [0.15, 0.2) is 11.4 Å². The fourth-order valence-electron chi connectivity index (χ4n) is 3.03. The summed E-state index contributed by atoms with van der Waals surface area (Å²) in [7, 11) is 0. The fourth-order valence-corrected chi connectivity index (χ4v) is 3.03. The van der Waals surface area contributed by atoms with Gasteiger partial charge in [0.1, 0.15) is 11.4 Å². The largest absolute Gasteiger partial charge is 0.455 e. The molecule has 1 unspecified atom stereocenters. The third-order valence-corrected chi connectivity index (χ3v) is 4.30. The number of rotatable bonds is 2. The molecule has 4 heteroatoms. The summed E-state index contributed by atoms with van der Waals surface area (Å²) in [4.78, 5) is 2.31. The van der Waals surface area contributed by atoms with Crippen LogP contribution in [0.15, 0.2) is 28.7 Å². The Balaban J connectivity index is 1.71. The zero-order valence-electron chi connectivity index (χ0n) is 10.6. The van der Waals surface area contributed by atoms with Crippen molar-refractivity contribution in [1.29, 1.82) is 0 Å². The van der Waals surface area contributed by atoms with Crippen LogP contribution in [-0.2, 0) is 5.60 Å². The van der Waals surface area contributed by atoms with E-state index in [-0.39, 0.29) is 11.4 Å². The van der Waals surface area contributed by atoms with Crippen LogP contribution in [0.3, 0.4) is 0 Å². The Morgan fingerprint density at radius 2 is 2.21 bits per heavy atom. The molecule has 1 saturated heterocycles. The van der Waals surface area contributed by atoms with Crippen molar-refractivity contribution in [3.05, 3.63) is 35.8 Å². The topological polar surface area (TPSA) is 36.6 Å². The number of likely N-dealkylation sites (tertiary alicyclic amines) is 1. The molecule has 100 valence electrons. The highest BCUT2D eigenvalue weighted by molar-refractivity contribution is 5.78. The lowest BCUT2D eigenvalue weighted by molar-refractivity contribution is 0.0248. The number of para-hydroxylation sites is 1. The van der Waals surface area contributed by atoms with Crippen LogP contribution >= 0.6 is 0 Å². The van der Waals surface area contributed by atoms with Crippen molar-refractivity contribution in [2.24, 2.45) is 0 Å². The third kappa shape index (κ3) is 1.78.